The zero-order valence-corrected chi connectivity index (χ0v) is 16.5. The highest BCUT2D eigenvalue weighted by Gasteiger charge is 2.13. The molecule has 0 saturated heterocycles. The number of rotatable bonds is 7. The number of hydrogen-bond donors (Lipinski definition) is 0. The smallest absolute Gasteiger partial charge is 0.195 e. The van der Waals surface area contributed by atoms with Gasteiger partial charge in [0.1, 0.15) is 0 Å². The first-order chi connectivity index (χ1) is 12.1. The predicted molar refractivity (Wildman–Crippen MR) is 109 cm³/mol. The van der Waals surface area contributed by atoms with Crippen molar-refractivity contribution in [1.29, 1.82) is 0 Å². The van der Waals surface area contributed by atoms with Crippen molar-refractivity contribution in [3.05, 3.63) is 58.3 Å². The van der Waals surface area contributed by atoms with Gasteiger partial charge in [0.2, 0.25) is 0 Å². The van der Waals surface area contributed by atoms with E-state index in [0.29, 0.717) is 6.42 Å². The molecule has 3 aromatic heterocycles. The maximum atomic E-state index is 12.0. The fraction of sp³-hybridized carbons (Fsp3) is 0.200. The molecule has 3 heterocycles. The fourth-order valence-electron chi connectivity index (χ4n) is 2.41. The predicted octanol–water partition coefficient (Wildman–Crippen LogP) is 6.95. The minimum absolute atomic E-state index is 0.0489. The monoisotopic (exact) mass is 386 g/mol. The Kier molecular flexibility index (Phi) is 5.78. The normalized spacial score (nSPS) is 11.3. The van der Waals surface area contributed by atoms with Crippen molar-refractivity contribution in [3.63, 3.8) is 0 Å². The minimum Gasteiger partial charge on any atom is -0.293 e. The molecule has 0 spiro atoms. The molecule has 0 fully saturated rings. The number of carbonyl (C=O) groups excluding carboxylic acids is 2. The lowest BCUT2D eigenvalue weighted by Gasteiger charge is -1.93. The van der Waals surface area contributed by atoms with Crippen LogP contribution in [-0.2, 0) is 0 Å². The van der Waals surface area contributed by atoms with Gasteiger partial charge in [0, 0.05) is 25.9 Å². The summed E-state index contributed by atoms with van der Waals surface area (Å²) in [7, 11) is 0. The van der Waals surface area contributed by atoms with Crippen LogP contribution in [0, 0.1) is 0 Å². The Morgan fingerprint density at radius 3 is 1.96 bits per heavy atom. The maximum Gasteiger partial charge on any atom is 0.195 e. The highest BCUT2D eigenvalue weighted by atomic mass is 32.1. The van der Waals surface area contributed by atoms with Crippen LogP contribution in [-0.4, -0.2) is 11.6 Å². The van der Waals surface area contributed by atoms with Gasteiger partial charge in [-0.2, -0.15) is 0 Å². The Balaban J connectivity index is 1.81. The highest BCUT2D eigenvalue weighted by molar-refractivity contribution is 7.27. The first-order valence-electron chi connectivity index (χ1n) is 8.13. The average Bonchev–Trinajstić information content (AvgIpc) is 3.33. The van der Waals surface area contributed by atoms with Gasteiger partial charge >= 0.3 is 0 Å². The van der Waals surface area contributed by atoms with E-state index in [1.165, 1.54) is 11.3 Å². The second-order valence-corrected chi connectivity index (χ2v) is 8.78. The number of allylic oxidation sites excluding steroid dienone is 2. The molecule has 0 aliphatic heterocycles. The molecule has 0 aliphatic carbocycles. The van der Waals surface area contributed by atoms with Crippen molar-refractivity contribution in [3.8, 4) is 19.5 Å². The van der Waals surface area contributed by atoms with Crippen molar-refractivity contribution in [1.82, 2.24) is 0 Å². The quantitative estimate of drug-likeness (QED) is 0.325. The third-order valence-corrected chi connectivity index (χ3v) is 7.32. The van der Waals surface area contributed by atoms with Crippen LogP contribution in [0.25, 0.3) is 19.5 Å². The first-order valence-corrected chi connectivity index (χ1v) is 10.6. The molecule has 0 bridgehead atoms. The van der Waals surface area contributed by atoms with Gasteiger partial charge in [-0.15, -0.1) is 34.0 Å². The van der Waals surface area contributed by atoms with Crippen molar-refractivity contribution >= 4 is 45.6 Å². The zero-order chi connectivity index (χ0) is 17.8. The van der Waals surface area contributed by atoms with E-state index in [0.717, 1.165) is 35.7 Å². The Morgan fingerprint density at radius 1 is 0.840 bits per heavy atom. The summed E-state index contributed by atoms with van der Waals surface area (Å²) in [6.45, 7) is 3.87. The van der Waals surface area contributed by atoms with Crippen molar-refractivity contribution < 1.29 is 9.59 Å². The molecule has 3 rings (SSSR count). The number of ketones is 2. The molecule has 0 N–H and O–H groups in total. The third-order valence-electron chi connectivity index (χ3n) is 3.62. The summed E-state index contributed by atoms with van der Waals surface area (Å²) in [5.41, 5.74) is 0. The van der Waals surface area contributed by atoms with Crippen LogP contribution in [0.15, 0.2) is 48.6 Å². The van der Waals surface area contributed by atoms with Crippen LogP contribution in [0.3, 0.4) is 0 Å². The molecule has 0 atom stereocenters. The molecule has 2 nitrogen and oxygen atoms in total. The second-order valence-electron chi connectivity index (χ2n) is 5.53. The fourth-order valence-corrected chi connectivity index (χ4v) is 5.50. The topological polar surface area (TPSA) is 34.1 Å². The highest BCUT2D eigenvalue weighted by Crippen LogP contribution is 2.40. The molecule has 128 valence electrons. The van der Waals surface area contributed by atoms with E-state index in [-0.39, 0.29) is 11.6 Å². The summed E-state index contributed by atoms with van der Waals surface area (Å²) < 4.78 is 0. The molecule has 25 heavy (non-hydrogen) atoms. The number of Topliss-reactive ketones (excluding diaryl/α,β-unsaturated/α-hetero) is 1. The Hall–Kier alpha value is -1.82. The molecule has 0 amide bonds. The van der Waals surface area contributed by atoms with Gasteiger partial charge in [-0.25, -0.2) is 0 Å². The number of hydrogen-bond acceptors (Lipinski definition) is 5. The molecular weight excluding hydrogens is 368 g/mol. The summed E-state index contributed by atoms with van der Waals surface area (Å²) >= 11 is 4.77. The van der Waals surface area contributed by atoms with E-state index < -0.39 is 0 Å². The molecule has 0 aromatic carbocycles. The van der Waals surface area contributed by atoms with Crippen molar-refractivity contribution in [2.45, 2.75) is 26.7 Å². The second kappa shape index (κ2) is 8.04. The van der Waals surface area contributed by atoms with Crippen LogP contribution < -0.4 is 0 Å². The van der Waals surface area contributed by atoms with E-state index in [2.05, 4.69) is 12.1 Å². The van der Waals surface area contributed by atoms with E-state index in [1.807, 2.05) is 38.1 Å². The van der Waals surface area contributed by atoms with Crippen LogP contribution in [0.5, 0.6) is 0 Å². The SMILES string of the molecule is C/C=C/C(=O)c1ccc(-c2ccc(-c3ccc(C(=O)CCC)s3)s2)s1. The van der Waals surface area contributed by atoms with Gasteiger partial charge in [0.25, 0.3) is 0 Å². The van der Waals surface area contributed by atoms with Gasteiger partial charge in [-0.05, 0) is 55.8 Å². The van der Waals surface area contributed by atoms with E-state index in [1.54, 1.807) is 34.8 Å². The van der Waals surface area contributed by atoms with Crippen molar-refractivity contribution in [2.75, 3.05) is 0 Å². The van der Waals surface area contributed by atoms with Gasteiger partial charge in [0.15, 0.2) is 11.6 Å². The zero-order valence-electron chi connectivity index (χ0n) is 14.1. The lowest BCUT2D eigenvalue weighted by molar-refractivity contribution is 0.0984. The van der Waals surface area contributed by atoms with Crippen molar-refractivity contribution in [2.24, 2.45) is 0 Å². The van der Waals surface area contributed by atoms with E-state index >= 15 is 0 Å². The van der Waals surface area contributed by atoms with Gasteiger partial charge in [-0.3, -0.25) is 9.59 Å². The summed E-state index contributed by atoms with van der Waals surface area (Å²) in [6, 6.07) is 12.0. The molecule has 0 saturated carbocycles. The maximum absolute atomic E-state index is 12.0. The molecule has 3 aromatic rings. The number of carbonyl (C=O) groups is 2. The van der Waals surface area contributed by atoms with Crippen LogP contribution in [0.1, 0.15) is 46.0 Å². The van der Waals surface area contributed by atoms with E-state index in [4.69, 9.17) is 0 Å². The number of thiophene rings is 3. The Labute approximate surface area is 159 Å². The van der Waals surface area contributed by atoms with E-state index in [9.17, 15) is 9.59 Å². The molecule has 0 radical (unpaired) electrons. The summed E-state index contributed by atoms with van der Waals surface area (Å²) in [6.07, 6.45) is 4.84. The Morgan fingerprint density at radius 2 is 1.36 bits per heavy atom. The first kappa shape index (κ1) is 18.0. The lowest BCUT2D eigenvalue weighted by Crippen LogP contribution is -1.93. The lowest BCUT2D eigenvalue weighted by atomic mass is 10.2. The molecule has 5 heteroatoms. The standard InChI is InChI=1S/C20H18O2S3/c1-3-5-13(21)15-7-9-17(23-15)19-11-12-20(25-19)18-10-8-16(24-18)14(22)6-4-2/h3,5,7-12H,4,6H2,1-2H3/b5-3+. The molecule has 0 aliphatic rings. The van der Waals surface area contributed by atoms with Crippen LogP contribution in [0.4, 0.5) is 0 Å². The molecular formula is C20H18O2S3. The molecule has 0 unspecified atom stereocenters. The Bertz CT molecular complexity index is 924. The average molecular weight is 387 g/mol. The van der Waals surface area contributed by atoms with Gasteiger partial charge in [0.05, 0.1) is 9.75 Å². The third kappa shape index (κ3) is 4.06. The van der Waals surface area contributed by atoms with Gasteiger partial charge < -0.3 is 0 Å². The summed E-state index contributed by atoms with van der Waals surface area (Å²) in [4.78, 5) is 30.1. The van der Waals surface area contributed by atoms with Crippen LogP contribution in [0.2, 0.25) is 0 Å². The summed E-state index contributed by atoms with van der Waals surface area (Å²) in [5, 5.41) is 0. The largest absolute Gasteiger partial charge is 0.293 e. The summed E-state index contributed by atoms with van der Waals surface area (Å²) in [5.74, 6) is 0.272. The van der Waals surface area contributed by atoms with Crippen LogP contribution >= 0.6 is 34.0 Å². The van der Waals surface area contributed by atoms with Gasteiger partial charge in [-0.1, -0.05) is 13.0 Å². The minimum atomic E-state index is 0.0489.